The predicted molar refractivity (Wildman–Crippen MR) is 120 cm³/mol. The molecule has 156 valence electrons. The lowest BCUT2D eigenvalue weighted by atomic mass is 9.89. The van der Waals surface area contributed by atoms with Gasteiger partial charge in [-0.15, -0.1) is 0 Å². The van der Waals surface area contributed by atoms with E-state index in [-0.39, 0.29) is 0 Å². The summed E-state index contributed by atoms with van der Waals surface area (Å²) in [4.78, 5) is 0. The standard InChI is InChI=1S/C26H52/c1-4-6-7-8-9-12-19-25(16-5-2)21-15-14-18-24(3)17-11-10-13-20-26-22-23-26/h24-26H,4-23H2,1-3H3. The van der Waals surface area contributed by atoms with Gasteiger partial charge in [0.15, 0.2) is 0 Å². The first kappa shape index (κ1) is 24.0. The molecule has 0 heteroatoms. The Morgan fingerprint density at radius 1 is 0.577 bits per heavy atom. The van der Waals surface area contributed by atoms with Gasteiger partial charge in [-0.25, -0.2) is 0 Å². The number of unbranched alkanes of at least 4 members (excludes halogenated alkanes) is 8. The van der Waals surface area contributed by atoms with Crippen LogP contribution < -0.4 is 0 Å². The Balaban J connectivity index is 1.92. The first-order valence-corrected chi connectivity index (χ1v) is 12.8. The average Bonchev–Trinajstić information content (AvgIpc) is 3.45. The van der Waals surface area contributed by atoms with Gasteiger partial charge in [0.2, 0.25) is 0 Å². The van der Waals surface area contributed by atoms with Gasteiger partial charge in [0.05, 0.1) is 0 Å². The average molecular weight is 365 g/mol. The normalized spacial score (nSPS) is 16.7. The second kappa shape index (κ2) is 17.1. The van der Waals surface area contributed by atoms with E-state index >= 15 is 0 Å². The first-order chi connectivity index (χ1) is 12.8. The van der Waals surface area contributed by atoms with Gasteiger partial charge >= 0.3 is 0 Å². The maximum absolute atomic E-state index is 2.50. The molecule has 0 aromatic carbocycles. The van der Waals surface area contributed by atoms with Gasteiger partial charge in [-0.3, -0.25) is 0 Å². The van der Waals surface area contributed by atoms with Crippen molar-refractivity contribution in [1.29, 1.82) is 0 Å². The van der Waals surface area contributed by atoms with Crippen molar-refractivity contribution in [2.45, 2.75) is 149 Å². The molecule has 0 N–H and O–H groups in total. The van der Waals surface area contributed by atoms with Gasteiger partial charge in [-0.05, 0) is 17.8 Å². The van der Waals surface area contributed by atoms with Gasteiger partial charge in [0.25, 0.3) is 0 Å². The SMILES string of the molecule is CCCCCCCCC(CCC)CCCCC(C)CCCCCC1CC1. The van der Waals surface area contributed by atoms with Crippen LogP contribution in [0.5, 0.6) is 0 Å². The van der Waals surface area contributed by atoms with E-state index in [0.29, 0.717) is 0 Å². The monoisotopic (exact) mass is 364 g/mol. The molecule has 0 aromatic heterocycles. The van der Waals surface area contributed by atoms with E-state index in [0.717, 1.165) is 17.8 Å². The summed E-state index contributed by atoms with van der Waals surface area (Å²) in [5, 5.41) is 0. The minimum absolute atomic E-state index is 0.971. The van der Waals surface area contributed by atoms with Crippen molar-refractivity contribution in [2.24, 2.45) is 17.8 Å². The highest BCUT2D eigenvalue weighted by Crippen LogP contribution is 2.34. The molecule has 2 atom stereocenters. The van der Waals surface area contributed by atoms with Crippen LogP contribution in [0.3, 0.4) is 0 Å². The maximum atomic E-state index is 2.50. The van der Waals surface area contributed by atoms with Crippen LogP contribution in [-0.4, -0.2) is 0 Å². The van der Waals surface area contributed by atoms with E-state index in [2.05, 4.69) is 20.8 Å². The fourth-order valence-corrected chi connectivity index (χ4v) is 4.63. The summed E-state index contributed by atoms with van der Waals surface area (Å²) >= 11 is 0. The summed E-state index contributed by atoms with van der Waals surface area (Å²) in [7, 11) is 0. The summed E-state index contributed by atoms with van der Waals surface area (Å²) in [5.41, 5.74) is 0. The highest BCUT2D eigenvalue weighted by atomic mass is 14.3. The zero-order chi connectivity index (χ0) is 18.9. The van der Waals surface area contributed by atoms with Gasteiger partial charge in [-0.1, -0.05) is 149 Å². The Bertz CT molecular complexity index is 278. The van der Waals surface area contributed by atoms with Crippen LogP contribution >= 0.6 is 0 Å². The molecule has 1 aliphatic rings. The number of hydrogen-bond donors (Lipinski definition) is 0. The predicted octanol–water partition coefficient (Wildman–Crippen LogP) is 9.71. The molecule has 2 unspecified atom stereocenters. The number of rotatable bonds is 20. The summed E-state index contributed by atoms with van der Waals surface area (Å²) < 4.78 is 0. The molecule has 26 heavy (non-hydrogen) atoms. The van der Waals surface area contributed by atoms with Gasteiger partial charge in [0.1, 0.15) is 0 Å². The minimum atomic E-state index is 0.971. The van der Waals surface area contributed by atoms with Crippen LogP contribution in [-0.2, 0) is 0 Å². The van der Waals surface area contributed by atoms with E-state index < -0.39 is 0 Å². The molecule has 0 bridgehead atoms. The second-order valence-electron chi connectivity index (χ2n) is 9.68. The zero-order valence-corrected chi connectivity index (χ0v) is 18.9. The van der Waals surface area contributed by atoms with Crippen molar-refractivity contribution in [1.82, 2.24) is 0 Å². The lowest BCUT2D eigenvalue weighted by molar-refractivity contribution is 0.365. The fourth-order valence-electron chi connectivity index (χ4n) is 4.63. The Kier molecular flexibility index (Phi) is 15.8. The molecule has 1 saturated carbocycles. The van der Waals surface area contributed by atoms with E-state index in [4.69, 9.17) is 0 Å². The summed E-state index contributed by atoms with van der Waals surface area (Å²) in [6.45, 7) is 7.19. The van der Waals surface area contributed by atoms with Crippen molar-refractivity contribution in [3.05, 3.63) is 0 Å². The summed E-state index contributed by atoms with van der Waals surface area (Å²) in [6, 6.07) is 0. The third kappa shape index (κ3) is 15.1. The smallest absolute Gasteiger partial charge is 0.0414 e. The Labute approximate surface area is 167 Å². The molecule has 0 aliphatic heterocycles. The molecule has 1 fully saturated rings. The zero-order valence-electron chi connectivity index (χ0n) is 18.9. The molecule has 0 nitrogen and oxygen atoms in total. The van der Waals surface area contributed by atoms with Crippen LogP contribution in [0, 0.1) is 17.8 Å². The van der Waals surface area contributed by atoms with Crippen LogP contribution in [0.15, 0.2) is 0 Å². The fraction of sp³-hybridized carbons (Fsp3) is 1.00. The third-order valence-corrected chi connectivity index (χ3v) is 6.73. The highest BCUT2D eigenvalue weighted by molar-refractivity contribution is 4.72. The van der Waals surface area contributed by atoms with Crippen LogP contribution in [0.1, 0.15) is 149 Å². The Hall–Kier alpha value is 0. The molecular formula is C26H52. The summed E-state index contributed by atoms with van der Waals surface area (Å²) in [5.74, 6) is 3.14. The van der Waals surface area contributed by atoms with Gasteiger partial charge in [-0.2, -0.15) is 0 Å². The quantitative estimate of drug-likeness (QED) is 0.188. The molecule has 1 aliphatic carbocycles. The molecule has 0 radical (unpaired) electrons. The lowest BCUT2D eigenvalue weighted by Gasteiger charge is -2.17. The largest absolute Gasteiger partial charge is 0.0654 e. The van der Waals surface area contributed by atoms with Gasteiger partial charge < -0.3 is 0 Å². The van der Waals surface area contributed by atoms with Crippen molar-refractivity contribution in [2.75, 3.05) is 0 Å². The van der Waals surface area contributed by atoms with Crippen molar-refractivity contribution in [3.63, 3.8) is 0 Å². The molecule has 0 heterocycles. The lowest BCUT2D eigenvalue weighted by Crippen LogP contribution is -2.02. The Morgan fingerprint density at radius 3 is 1.77 bits per heavy atom. The van der Waals surface area contributed by atoms with Crippen molar-refractivity contribution in [3.8, 4) is 0 Å². The molecule has 0 spiro atoms. The molecule has 0 amide bonds. The highest BCUT2D eigenvalue weighted by Gasteiger charge is 2.19. The van der Waals surface area contributed by atoms with Crippen LogP contribution in [0.4, 0.5) is 0 Å². The minimum Gasteiger partial charge on any atom is -0.0654 e. The van der Waals surface area contributed by atoms with E-state index in [9.17, 15) is 0 Å². The van der Waals surface area contributed by atoms with Gasteiger partial charge in [0, 0.05) is 0 Å². The first-order valence-electron chi connectivity index (χ1n) is 12.8. The van der Waals surface area contributed by atoms with E-state index in [1.807, 2.05) is 0 Å². The molecule has 0 saturated heterocycles. The van der Waals surface area contributed by atoms with Crippen molar-refractivity contribution < 1.29 is 0 Å². The molecule has 1 rings (SSSR count). The van der Waals surface area contributed by atoms with Crippen LogP contribution in [0.25, 0.3) is 0 Å². The van der Waals surface area contributed by atoms with Crippen molar-refractivity contribution >= 4 is 0 Å². The second-order valence-corrected chi connectivity index (χ2v) is 9.68. The van der Waals surface area contributed by atoms with E-state index in [1.54, 1.807) is 0 Å². The Morgan fingerprint density at radius 2 is 1.12 bits per heavy atom. The topological polar surface area (TPSA) is 0 Å². The maximum Gasteiger partial charge on any atom is -0.0414 e. The summed E-state index contributed by atoms with van der Waals surface area (Å²) in [6.07, 6.45) is 29.7. The molecule has 0 aromatic rings. The number of hydrogen-bond acceptors (Lipinski definition) is 0. The van der Waals surface area contributed by atoms with Crippen LogP contribution in [0.2, 0.25) is 0 Å². The van der Waals surface area contributed by atoms with E-state index in [1.165, 1.54) is 128 Å². The third-order valence-electron chi connectivity index (χ3n) is 6.73. The molecular weight excluding hydrogens is 312 g/mol.